The fraction of sp³-hybridized carbons (Fsp3) is 0. The van der Waals surface area contributed by atoms with Gasteiger partial charge in [0.25, 0.3) is 0 Å². The standard InChI is InChI=1S/C28H17N3O/c1-2-9-18(10-3-1)31-17-30-25-26(31)20-12-5-4-11-19(20)24-22-14-8-13-21(27(22)32-28(24)25)23-15-6-7-16-29-23/h1-17H. The van der Waals surface area contributed by atoms with Crippen molar-refractivity contribution in [1.82, 2.24) is 14.5 Å². The Balaban J connectivity index is 1.68. The molecule has 0 atom stereocenters. The van der Waals surface area contributed by atoms with Gasteiger partial charge in [-0.2, -0.15) is 0 Å². The van der Waals surface area contributed by atoms with E-state index in [1.54, 1.807) is 0 Å². The molecule has 4 aromatic carbocycles. The highest BCUT2D eigenvalue weighted by molar-refractivity contribution is 6.29. The van der Waals surface area contributed by atoms with Crippen molar-refractivity contribution in [2.75, 3.05) is 0 Å². The highest BCUT2D eigenvalue weighted by Crippen LogP contribution is 2.43. The zero-order valence-corrected chi connectivity index (χ0v) is 17.1. The number of hydrogen-bond acceptors (Lipinski definition) is 3. The van der Waals surface area contributed by atoms with Crippen molar-refractivity contribution in [2.45, 2.75) is 0 Å². The summed E-state index contributed by atoms with van der Waals surface area (Å²) in [5.41, 5.74) is 6.53. The molecule has 4 heteroatoms. The first kappa shape index (κ1) is 17.3. The van der Waals surface area contributed by atoms with Crippen LogP contribution in [-0.4, -0.2) is 14.5 Å². The van der Waals surface area contributed by atoms with Crippen LogP contribution in [0, 0.1) is 0 Å². The molecule has 0 unspecified atom stereocenters. The molecule has 0 aliphatic rings. The normalized spacial score (nSPS) is 11.8. The van der Waals surface area contributed by atoms with E-state index in [4.69, 9.17) is 9.40 Å². The van der Waals surface area contributed by atoms with Crippen molar-refractivity contribution in [3.8, 4) is 16.9 Å². The number of nitrogens with zero attached hydrogens (tertiary/aromatic N) is 3. The summed E-state index contributed by atoms with van der Waals surface area (Å²) in [7, 11) is 0. The molecular weight excluding hydrogens is 394 g/mol. The lowest BCUT2D eigenvalue weighted by Crippen LogP contribution is -1.92. The summed E-state index contributed by atoms with van der Waals surface area (Å²) in [6.07, 6.45) is 3.70. The van der Waals surface area contributed by atoms with Crippen molar-refractivity contribution in [1.29, 1.82) is 0 Å². The van der Waals surface area contributed by atoms with Gasteiger partial charge in [-0.25, -0.2) is 4.98 Å². The van der Waals surface area contributed by atoms with Crippen LogP contribution < -0.4 is 0 Å². The van der Waals surface area contributed by atoms with Crippen molar-refractivity contribution < 1.29 is 4.42 Å². The highest BCUT2D eigenvalue weighted by atomic mass is 16.3. The Morgan fingerprint density at radius 3 is 2.25 bits per heavy atom. The Morgan fingerprint density at radius 2 is 1.41 bits per heavy atom. The lowest BCUT2D eigenvalue weighted by molar-refractivity contribution is 0.673. The van der Waals surface area contributed by atoms with Gasteiger partial charge < -0.3 is 4.42 Å². The summed E-state index contributed by atoms with van der Waals surface area (Å²) < 4.78 is 8.74. The Bertz CT molecular complexity index is 1760. The highest BCUT2D eigenvalue weighted by Gasteiger charge is 2.21. The first-order valence-electron chi connectivity index (χ1n) is 10.6. The molecule has 0 bridgehead atoms. The number of hydrogen-bond donors (Lipinski definition) is 0. The van der Waals surface area contributed by atoms with E-state index in [9.17, 15) is 0 Å². The average molecular weight is 411 g/mol. The molecule has 0 amide bonds. The quantitative estimate of drug-likeness (QED) is 0.304. The van der Waals surface area contributed by atoms with E-state index in [0.717, 1.165) is 60.7 Å². The van der Waals surface area contributed by atoms with Gasteiger partial charge in [0.05, 0.1) is 11.2 Å². The molecule has 7 rings (SSSR count). The number of imidazole rings is 1. The maximum absolute atomic E-state index is 6.59. The largest absolute Gasteiger partial charge is 0.453 e. The number of benzene rings is 4. The molecule has 0 saturated heterocycles. The molecule has 0 saturated carbocycles. The monoisotopic (exact) mass is 411 g/mol. The molecule has 0 aliphatic heterocycles. The average Bonchev–Trinajstić information content (AvgIpc) is 3.48. The summed E-state index contributed by atoms with van der Waals surface area (Å²) >= 11 is 0. The SMILES string of the molecule is c1ccc(-n2cnc3c4oc5c(-c6ccccn6)cccc5c4c4ccccc4c32)cc1. The van der Waals surface area contributed by atoms with Crippen LogP contribution in [0.4, 0.5) is 0 Å². The Hall–Kier alpha value is -4.44. The third-order valence-electron chi connectivity index (χ3n) is 6.12. The number of aromatic nitrogens is 3. The molecule has 0 fully saturated rings. The van der Waals surface area contributed by atoms with Gasteiger partial charge in [0, 0.05) is 33.6 Å². The van der Waals surface area contributed by atoms with Crippen LogP contribution in [-0.2, 0) is 0 Å². The first-order valence-corrected chi connectivity index (χ1v) is 10.6. The van der Waals surface area contributed by atoms with Gasteiger partial charge in [0.1, 0.15) is 17.4 Å². The van der Waals surface area contributed by atoms with Gasteiger partial charge >= 0.3 is 0 Å². The summed E-state index contributed by atoms with van der Waals surface area (Å²) in [5, 5.41) is 4.49. The number of furan rings is 1. The van der Waals surface area contributed by atoms with Crippen LogP contribution >= 0.6 is 0 Å². The van der Waals surface area contributed by atoms with E-state index in [2.05, 4.69) is 64.1 Å². The van der Waals surface area contributed by atoms with Crippen LogP contribution in [0.2, 0.25) is 0 Å². The molecule has 3 aromatic heterocycles. The lowest BCUT2D eigenvalue weighted by atomic mass is 10.0. The summed E-state index contributed by atoms with van der Waals surface area (Å²) in [5.74, 6) is 0. The smallest absolute Gasteiger partial charge is 0.163 e. The minimum atomic E-state index is 0.812. The molecular formula is C28H17N3O. The number of rotatable bonds is 2. The molecule has 150 valence electrons. The van der Waals surface area contributed by atoms with E-state index >= 15 is 0 Å². The van der Waals surface area contributed by atoms with Gasteiger partial charge in [0.2, 0.25) is 0 Å². The van der Waals surface area contributed by atoms with Crippen LogP contribution in [0.1, 0.15) is 0 Å². The molecule has 7 aromatic rings. The fourth-order valence-electron chi connectivity index (χ4n) is 4.74. The van der Waals surface area contributed by atoms with E-state index in [1.807, 2.05) is 48.9 Å². The fourth-order valence-corrected chi connectivity index (χ4v) is 4.74. The van der Waals surface area contributed by atoms with Gasteiger partial charge in [-0.1, -0.05) is 60.7 Å². The molecule has 0 spiro atoms. The van der Waals surface area contributed by atoms with Gasteiger partial charge in [-0.15, -0.1) is 0 Å². The minimum Gasteiger partial charge on any atom is -0.453 e. The van der Waals surface area contributed by atoms with Crippen molar-refractivity contribution >= 4 is 43.7 Å². The number of para-hydroxylation sites is 2. The molecule has 0 N–H and O–H groups in total. The third kappa shape index (κ3) is 2.32. The van der Waals surface area contributed by atoms with Crippen LogP contribution in [0.25, 0.3) is 60.7 Å². The van der Waals surface area contributed by atoms with Crippen molar-refractivity contribution in [3.05, 3.63) is 104 Å². The lowest BCUT2D eigenvalue weighted by Gasteiger charge is -2.08. The van der Waals surface area contributed by atoms with Gasteiger partial charge in [-0.05, 0) is 35.7 Å². The summed E-state index contributed by atoms with van der Waals surface area (Å²) in [4.78, 5) is 9.38. The van der Waals surface area contributed by atoms with E-state index in [1.165, 1.54) is 0 Å². The minimum absolute atomic E-state index is 0.812. The molecule has 3 heterocycles. The molecule has 0 aliphatic carbocycles. The Labute approximate surface area is 183 Å². The number of pyridine rings is 1. The molecule has 4 nitrogen and oxygen atoms in total. The van der Waals surface area contributed by atoms with Crippen LogP contribution in [0.15, 0.2) is 108 Å². The second kappa shape index (κ2) is 6.53. The van der Waals surface area contributed by atoms with Gasteiger partial charge in [-0.3, -0.25) is 9.55 Å². The Morgan fingerprint density at radius 1 is 0.625 bits per heavy atom. The van der Waals surface area contributed by atoms with E-state index in [0.29, 0.717) is 0 Å². The van der Waals surface area contributed by atoms with E-state index in [-0.39, 0.29) is 0 Å². The first-order chi connectivity index (χ1) is 15.9. The third-order valence-corrected chi connectivity index (χ3v) is 6.12. The zero-order chi connectivity index (χ0) is 21.1. The predicted octanol–water partition coefficient (Wildman–Crippen LogP) is 7.14. The topological polar surface area (TPSA) is 43.9 Å². The van der Waals surface area contributed by atoms with Gasteiger partial charge in [0.15, 0.2) is 5.58 Å². The van der Waals surface area contributed by atoms with Crippen LogP contribution in [0.3, 0.4) is 0 Å². The molecule has 0 radical (unpaired) electrons. The maximum Gasteiger partial charge on any atom is 0.163 e. The van der Waals surface area contributed by atoms with Crippen molar-refractivity contribution in [2.24, 2.45) is 0 Å². The second-order valence-electron chi connectivity index (χ2n) is 7.90. The van der Waals surface area contributed by atoms with E-state index < -0.39 is 0 Å². The maximum atomic E-state index is 6.59. The van der Waals surface area contributed by atoms with Crippen LogP contribution in [0.5, 0.6) is 0 Å². The van der Waals surface area contributed by atoms with Crippen molar-refractivity contribution in [3.63, 3.8) is 0 Å². The second-order valence-corrected chi connectivity index (χ2v) is 7.90. The summed E-state index contributed by atoms with van der Waals surface area (Å²) in [6.45, 7) is 0. The predicted molar refractivity (Wildman–Crippen MR) is 129 cm³/mol. The Kier molecular flexibility index (Phi) is 3.52. The zero-order valence-electron chi connectivity index (χ0n) is 17.1. The summed E-state index contributed by atoms with van der Waals surface area (Å²) in [6, 6.07) is 31.0. The molecule has 32 heavy (non-hydrogen) atoms. The number of fused-ring (bicyclic) bond motifs is 8.